The molecule has 0 aromatic carbocycles. The van der Waals surface area contributed by atoms with E-state index in [2.05, 4.69) is 10.2 Å². The normalized spacial score (nSPS) is 10.6. The van der Waals surface area contributed by atoms with Gasteiger partial charge in [0.05, 0.1) is 25.1 Å². The van der Waals surface area contributed by atoms with E-state index in [0.717, 1.165) is 0 Å². The van der Waals surface area contributed by atoms with Gasteiger partial charge in [0.25, 0.3) is 5.91 Å². The molecular formula is C12H22N4O3. The molecule has 0 spiro atoms. The molecule has 7 heteroatoms. The number of ether oxygens (including phenoxy) is 2. The molecule has 1 aromatic heterocycles. The molecule has 0 atom stereocenters. The Balaban J connectivity index is 2.60. The van der Waals surface area contributed by atoms with Crippen LogP contribution in [0.4, 0.5) is 5.69 Å². The number of hydrogen-bond donors (Lipinski definition) is 2. The van der Waals surface area contributed by atoms with Gasteiger partial charge in [-0.1, -0.05) is 0 Å². The van der Waals surface area contributed by atoms with Crippen molar-refractivity contribution in [2.75, 3.05) is 45.3 Å². The van der Waals surface area contributed by atoms with Gasteiger partial charge in [0, 0.05) is 26.3 Å². The van der Waals surface area contributed by atoms with Crippen LogP contribution in [0.25, 0.3) is 0 Å². The number of nitrogens with one attached hydrogen (secondary N) is 1. The van der Waals surface area contributed by atoms with Gasteiger partial charge < -0.3 is 20.1 Å². The monoisotopic (exact) mass is 270 g/mol. The van der Waals surface area contributed by atoms with Crippen molar-refractivity contribution in [3.8, 4) is 0 Å². The highest BCUT2D eigenvalue weighted by Crippen LogP contribution is 2.09. The summed E-state index contributed by atoms with van der Waals surface area (Å²) in [5, 5.41) is 6.38. The summed E-state index contributed by atoms with van der Waals surface area (Å²) in [5.74, 6) is -0.186. The first-order chi connectivity index (χ1) is 9.20. The fourth-order valence-corrected chi connectivity index (χ4v) is 1.58. The minimum Gasteiger partial charge on any atom is -0.396 e. The quantitative estimate of drug-likeness (QED) is 0.638. The molecule has 0 aliphatic carbocycles. The Morgan fingerprint density at radius 3 is 2.32 bits per heavy atom. The van der Waals surface area contributed by atoms with Crippen LogP contribution in [0.1, 0.15) is 24.3 Å². The van der Waals surface area contributed by atoms with E-state index in [-0.39, 0.29) is 5.91 Å². The van der Waals surface area contributed by atoms with Crippen molar-refractivity contribution in [1.29, 1.82) is 0 Å². The fraction of sp³-hybridized carbons (Fsp3) is 0.667. The summed E-state index contributed by atoms with van der Waals surface area (Å²) < 4.78 is 10.6. The average Bonchev–Trinajstić information content (AvgIpc) is 2.83. The van der Waals surface area contributed by atoms with E-state index >= 15 is 0 Å². The largest absolute Gasteiger partial charge is 0.396 e. The summed E-state index contributed by atoms with van der Waals surface area (Å²) in [6.07, 6.45) is 1.43. The molecule has 1 amide bonds. The summed E-state index contributed by atoms with van der Waals surface area (Å²) in [7, 11) is 0. The Kier molecular flexibility index (Phi) is 6.91. The van der Waals surface area contributed by atoms with Crippen LogP contribution in [0.15, 0.2) is 6.20 Å². The lowest BCUT2D eigenvalue weighted by molar-refractivity contribution is 0.0546. The SMILES string of the molecule is CCOCCN(CCOCC)C(=O)c1[nH]ncc1N. The number of anilines is 1. The molecule has 1 aromatic rings. The summed E-state index contributed by atoms with van der Waals surface area (Å²) >= 11 is 0. The van der Waals surface area contributed by atoms with Crippen molar-refractivity contribution in [1.82, 2.24) is 15.1 Å². The maximum atomic E-state index is 12.3. The summed E-state index contributed by atoms with van der Waals surface area (Å²) in [6, 6.07) is 0. The number of H-pyrrole nitrogens is 1. The number of carbonyl (C=O) groups excluding carboxylic acids is 1. The highest BCUT2D eigenvalue weighted by Gasteiger charge is 2.19. The van der Waals surface area contributed by atoms with Crippen molar-refractivity contribution in [2.24, 2.45) is 0 Å². The topological polar surface area (TPSA) is 93.5 Å². The zero-order valence-corrected chi connectivity index (χ0v) is 11.5. The second kappa shape index (κ2) is 8.49. The zero-order chi connectivity index (χ0) is 14.1. The molecule has 7 nitrogen and oxygen atoms in total. The molecule has 108 valence electrons. The zero-order valence-electron chi connectivity index (χ0n) is 11.5. The predicted octanol–water partition coefficient (Wildman–Crippen LogP) is 0.507. The van der Waals surface area contributed by atoms with Crippen LogP contribution in [0.3, 0.4) is 0 Å². The molecule has 0 saturated carbocycles. The number of rotatable bonds is 9. The van der Waals surface area contributed by atoms with E-state index in [4.69, 9.17) is 15.2 Å². The van der Waals surface area contributed by atoms with E-state index in [1.807, 2.05) is 13.8 Å². The second-order valence-electron chi connectivity index (χ2n) is 3.89. The Labute approximate surface area is 113 Å². The van der Waals surface area contributed by atoms with E-state index in [1.165, 1.54) is 6.20 Å². The molecule has 1 heterocycles. The maximum absolute atomic E-state index is 12.3. The first-order valence-electron chi connectivity index (χ1n) is 6.44. The number of aromatic amines is 1. The number of carbonyl (C=O) groups is 1. The van der Waals surface area contributed by atoms with Gasteiger partial charge in [-0.15, -0.1) is 0 Å². The number of nitrogens with two attached hydrogens (primary N) is 1. The molecule has 0 fully saturated rings. The lowest BCUT2D eigenvalue weighted by Crippen LogP contribution is -2.37. The molecule has 1 rings (SSSR count). The van der Waals surface area contributed by atoms with Crippen molar-refractivity contribution in [3.63, 3.8) is 0 Å². The molecule has 0 bridgehead atoms. The molecule has 0 aliphatic heterocycles. The number of hydrogen-bond acceptors (Lipinski definition) is 5. The third kappa shape index (κ3) is 4.88. The van der Waals surface area contributed by atoms with Crippen molar-refractivity contribution < 1.29 is 14.3 Å². The van der Waals surface area contributed by atoms with Crippen LogP contribution in [-0.2, 0) is 9.47 Å². The molecule has 3 N–H and O–H groups in total. The summed E-state index contributed by atoms with van der Waals surface area (Å²) in [6.45, 7) is 7.05. The van der Waals surface area contributed by atoms with Crippen LogP contribution in [0.5, 0.6) is 0 Å². The van der Waals surface area contributed by atoms with Gasteiger partial charge >= 0.3 is 0 Å². The van der Waals surface area contributed by atoms with Gasteiger partial charge in [-0.3, -0.25) is 9.89 Å². The first-order valence-corrected chi connectivity index (χ1v) is 6.44. The molecule has 0 unspecified atom stereocenters. The average molecular weight is 270 g/mol. The van der Waals surface area contributed by atoms with Crippen LogP contribution < -0.4 is 5.73 Å². The van der Waals surface area contributed by atoms with E-state index in [1.54, 1.807) is 4.90 Å². The van der Waals surface area contributed by atoms with E-state index in [9.17, 15) is 4.79 Å². The molecule has 0 aliphatic rings. The highest BCUT2D eigenvalue weighted by molar-refractivity contribution is 5.96. The minimum absolute atomic E-state index is 0.186. The maximum Gasteiger partial charge on any atom is 0.274 e. The van der Waals surface area contributed by atoms with Gasteiger partial charge in [0.1, 0.15) is 5.69 Å². The van der Waals surface area contributed by atoms with E-state index < -0.39 is 0 Å². The Hall–Kier alpha value is -1.60. The van der Waals surface area contributed by atoms with E-state index in [0.29, 0.717) is 50.9 Å². The molecule has 19 heavy (non-hydrogen) atoms. The van der Waals surface area contributed by atoms with Crippen LogP contribution in [0, 0.1) is 0 Å². The van der Waals surface area contributed by atoms with Gasteiger partial charge in [-0.2, -0.15) is 5.10 Å². The number of aromatic nitrogens is 2. The van der Waals surface area contributed by atoms with Crippen LogP contribution in [-0.4, -0.2) is 60.5 Å². The van der Waals surface area contributed by atoms with Crippen LogP contribution in [0.2, 0.25) is 0 Å². The van der Waals surface area contributed by atoms with Gasteiger partial charge in [-0.05, 0) is 13.8 Å². The fourth-order valence-electron chi connectivity index (χ4n) is 1.58. The van der Waals surface area contributed by atoms with Gasteiger partial charge in [-0.25, -0.2) is 0 Å². The molecule has 0 saturated heterocycles. The van der Waals surface area contributed by atoms with Crippen molar-refractivity contribution >= 4 is 11.6 Å². The highest BCUT2D eigenvalue weighted by atomic mass is 16.5. The lowest BCUT2D eigenvalue weighted by atomic mass is 10.3. The number of amides is 1. The second-order valence-corrected chi connectivity index (χ2v) is 3.89. The van der Waals surface area contributed by atoms with Crippen molar-refractivity contribution in [3.05, 3.63) is 11.9 Å². The Morgan fingerprint density at radius 2 is 1.89 bits per heavy atom. The number of nitrogen functional groups attached to an aromatic ring is 1. The Morgan fingerprint density at radius 1 is 1.32 bits per heavy atom. The molecular weight excluding hydrogens is 248 g/mol. The van der Waals surface area contributed by atoms with Crippen LogP contribution >= 0.6 is 0 Å². The summed E-state index contributed by atoms with van der Waals surface area (Å²) in [5.41, 5.74) is 6.35. The smallest absolute Gasteiger partial charge is 0.274 e. The molecule has 0 radical (unpaired) electrons. The third-order valence-corrected chi connectivity index (χ3v) is 2.59. The minimum atomic E-state index is -0.186. The third-order valence-electron chi connectivity index (χ3n) is 2.59. The first kappa shape index (κ1) is 15.5. The number of nitrogens with zero attached hydrogens (tertiary/aromatic N) is 2. The van der Waals surface area contributed by atoms with Gasteiger partial charge in [0.15, 0.2) is 0 Å². The van der Waals surface area contributed by atoms with Gasteiger partial charge in [0.2, 0.25) is 0 Å². The standard InChI is InChI=1S/C12H22N4O3/c1-3-18-7-5-16(6-8-19-4-2)12(17)11-10(13)9-14-15-11/h9H,3-8,13H2,1-2H3,(H,14,15). The van der Waals surface area contributed by atoms with Crippen molar-refractivity contribution in [2.45, 2.75) is 13.8 Å². The Bertz CT molecular complexity index is 371. The lowest BCUT2D eigenvalue weighted by Gasteiger charge is -2.22. The summed E-state index contributed by atoms with van der Waals surface area (Å²) in [4.78, 5) is 13.9. The predicted molar refractivity (Wildman–Crippen MR) is 71.9 cm³/mol.